The predicted octanol–water partition coefficient (Wildman–Crippen LogP) is -8.51. The van der Waals surface area contributed by atoms with E-state index in [9.17, 15) is 70.9 Å². The van der Waals surface area contributed by atoms with Crippen molar-refractivity contribution >= 4 is 11.9 Å². The van der Waals surface area contributed by atoms with Crippen LogP contribution < -0.4 is 0 Å². The average Bonchev–Trinajstić information content (AvgIpc) is 3.13. The SMILES string of the molecule is CO[C@H]1[C@H](O)[C@@H](O)[C@@H](O[C@H]2[C@H](O[C@@H]3CO[C@@H](O[C@@H]4COC(O)[C@H](O)[C@H]4O)[C@H](O[C@H]4O[C@H](C(=O)O)[C@@H](OC)[C@H](O)[C@H]4O)[C@H]3O)OC[C@@H](O)[C@@H]2O)O[C@@H]1C(=O)O. The Labute approximate surface area is 304 Å². The van der Waals surface area contributed by atoms with Gasteiger partial charge in [0.2, 0.25) is 0 Å². The third-order valence-electron chi connectivity index (χ3n) is 9.62. The van der Waals surface area contributed by atoms with Crippen LogP contribution in [0.4, 0.5) is 0 Å². The summed E-state index contributed by atoms with van der Waals surface area (Å²) in [6.45, 7) is -1.75. The third kappa shape index (κ3) is 8.81. The van der Waals surface area contributed by atoms with E-state index in [2.05, 4.69) is 0 Å². The molecule has 54 heavy (non-hydrogen) atoms. The number of aliphatic carboxylic acids is 2. The topological polar surface area (TPSA) is 378 Å². The van der Waals surface area contributed by atoms with Gasteiger partial charge >= 0.3 is 11.9 Å². The maximum atomic E-state index is 11.9. The minimum atomic E-state index is -2.03. The van der Waals surface area contributed by atoms with Gasteiger partial charge in [0, 0.05) is 14.2 Å². The lowest BCUT2D eigenvalue weighted by Gasteiger charge is -2.48. The number of carbonyl (C=O) groups is 2. The van der Waals surface area contributed by atoms with Crippen molar-refractivity contribution < 1.29 is 123 Å². The van der Waals surface area contributed by atoms with Crippen molar-refractivity contribution in [2.24, 2.45) is 0 Å². The standard InChI is InChI=1S/C29H46O25/c1-44-17-12(34)15(37)26(53-21(17)23(39)40)51-19-9(31)6(30)3-47-28(19)50-8-5-48-29(49-7-4-46-25(43)14(36)10(7)32)20(11(8)33)52-27-16(38)13(35)18(45-2)22(54-27)24(41)42/h6-22,25-38,43H,3-5H2,1-2H3,(H,39,40)(H,41,42)/t6-,7-,8-,9+,10+,11+,12-,13-,14-,15-,16-,17+,18+,19-,20-,21+,22+,25?,26+,27+,28+,29+/m1/s1. The van der Waals surface area contributed by atoms with Gasteiger partial charge in [0.1, 0.15) is 91.6 Å². The van der Waals surface area contributed by atoms with E-state index in [1.54, 1.807) is 0 Å². The number of methoxy groups -OCH3 is 2. The number of ether oxygens (including phenoxy) is 11. The molecule has 0 aliphatic carbocycles. The fraction of sp³-hybridized carbons (Fsp3) is 0.931. The molecule has 5 fully saturated rings. The number of hydrogen-bond donors (Lipinski definition) is 12. The number of rotatable bonds is 12. The molecule has 0 bridgehead atoms. The van der Waals surface area contributed by atoms with E-state index in [0.29, 0.717) is 0 Å². The van der Waals surface area contributed by atoms with E-state index in [1.165, 1.54) is 0 Å². The molecule has 12 N–H and O–H groups in total. The first-order valence-corrected chi connectivity index (χ1v) is 16.6. The Morgan fingerprint density at radius 2 is 0.889 bits per heavy atom. The van der Waals surface area contributed by atoms with Crippen molar-refractivity contribution in [1.82, 2.24) is 0 Å². The monoisotopic (exact) mass is 794 g/mol. The molecule has 5 aliphatic heterocycles. The van der Waals surface area contributed by atoms with Crippen LogP contribution in [0.2, 0.25) is 0 Å². The zero-order chi connectivity index (χ0) is 39.8. The molecular formula is C29H46O25. The van der Waals surface area contributed by atoms with Gasteiger partial charge in [0.15, 0.2) is 43.7 Å². The summed E-state index contributed by atoms with van der Waals surface area (Å²) in [5, 5.41) is 125. The van der Waals surface area contributed by atoms with Crippen LogP contribution in [0.15, 0.2) is 0 Å². The molecule has 22 atom stereocenters. The smallest absolute Gasteiger partial charge is 0.335 e. The second-order valence-corrected chi connectivity index (χ2v) is 13.1. The number of aliphatic hydroxyl groups excluding tert-OH is 10. The van der Waals surface area contributed by atoms with Gasteiger partial charge < -0.3 is 113 Å². The molecule has 0 aromatic heterocycles. The molecule has 25 heteroatoms. The van der Waals surface area contributed by atoms with Gasteiger partial charge in [-0.1, -0.05) is 0 Å². The van der Waals surface area contributed by atoms with E-state index in [1.807, 2.05) is 0 Å². The van der Waals surface area contributed by atoms with Crippen LogP contribution >= 0.6 is 0 Å². The molecule has 312 valence electrons. The van der Waals surface area contributed by atoms with E-state index in [0.717, 1.165) is 14.2 Å². The second-order valence-electron chi connectivity index (χ2n) is 13.1. The van der Waals surface area contributed by atoms with Crippen molar-refractivity contribution in [3.8, 4) is 0 Å². The third-order valence-corrected chi connectivity index (χ3v) is 9.62. The molecule has 25 nitrogen and oxygen atoms in total. The van der Waals surface area contributed by atoms with E-state index < -0.39 is 167 Å². The second kappa shape index (κ2) is 18.1. The molecule has 0 radical (unpaired) electrons. The largest absolute Gasteiger partial charge is 0.479 e. The fourth-order valence-electron chi connectivity index (χ4n) is 6.54. The van der Waals surface area contributed by atoms with E-state index >= 15 is 0 Å². The summed E-state index contributed by atoms with van der Waals surface area (Å²) in [5.41, 5.74) is 0. The van der Waals surface area contributed by atoms with Gasteiger partial charge in [-0.25, -0.2) is 9.59 Å². The summed E-state index contributed by atoms with van der Waals surface area (Å²) in [5.74, 6) is -3.23. The van der Waals surface area contributed by atoms with Gasteiger partial charge in [-0.3, -0.25) is 0 Å². The highest BCUT2D eigenvalue weighted by Crippen LogP contribution is 2.34. The van der Waals surface area contributed by atoms with Gasteiger partial charge in [-0.2, -0.15) is 0 Å². The van der Waals surface area contributed by atoms with Crippen LogP contribution in [-0.2, 0) is 61.7 Å². The normalized spacial score (nSPS) is 50.4. The lowest BCUT2D eigenvalue weighted by molar-refractivity contribution is -0.388. The van der Waals surface area contributed by atoms with Crippen LogP contribution in [0.25, 0.3) is 0 Å². The molecular weight excluding hydrogens is 748 g/mol. The van der Waals surface area contributed by atoms with Crippen LogP contribution in [0, 0.1) is 0 Å². The highest BCUT2D eigenvalue weighted by molar-refractivity contribution is 5.74. The Morgan fingerprint density at radius 3 is 1.35 bits per heavy atom. The Balaban J connectivity index is 1.37. The van der Waals surface area contributed by atoms with Crippen molar-refractivity contribution in [2.45, 2.75) is 135 Å². The quantitative estimate of drug-likeness (QED) is 0.0872. The summed E-state index contributed by atoms with van der Waals surface area (Å²) in [7, 11) is 2.12. The van der Waals surface area contributed by atoms with E-state index in [4.69, 9.17) is 52.1 Å². The highest BCUT2D eigenvalue weighted by Gasteiger charge is 2.55. The number of aliphatic hydroxyl groups is 10. The zero-order valence-electron chi connectivity index (χ0n) is 28.5. The van der Waals surface area contributed by atoms with Crippen LogP contribution in [0.3, 0.4) is 0 Å². The molecule has 0 aromatic rings. The van der Waals surface area contributed by atoms with Gasteiger partial charge in [-0.15, -0.1) is 0 Å². The molecule has 0 saturated carbocycles. The summed E-state index contributed by atoms with van der Waals surface area (Å²) in [4.78, 5) is 23.7. The van der Waals surface area contributed by atoms with Gasteiger partial charge in [0.25, 0.3) is 0 Å². The van der Waals surface area contributed by atoms with Crippen molar-refractivity contribution in [3.05, 3.63) is 0 Å². The van der Waals surface area contributed by atoms with Crippen molar-refractivity contribution in [3.63, 3.8) is 0 Å². The molecule has 5 rings (SSSR count). The van der Waals surface area contributed by atoms with E-state index in [-0.39, 0.29) is 0 Å². The maximum absolute atomic E-state index is 11.9. The Bertz CT molecular complexity index is 1250. The summed E-state index contributed by atoms with van der Waals surface area (Å²) in [6, 6.07) is 0. The molecule has 1 unspecified atom stereocenters. The lowest BCUT2D eigenvalue weighted by Crippen LogP contribution is -2.66. The lowest BCUT2D eigenvalue weighted by atomic mass is 9.98. The molecule has 5 aliphatic rings. The minimum absolute atomic E-state index is 0.521. The van der Waals surface area contributed by atoms with Gasteiger partial charge in [0.05, 0.1) is 19.8 Å². The zero-order valence-corrected chi connectivity index (χ0v) is 28.5. The average molecular weight is 795 g/mol. The summed E-state index contributed by atoms with van der Waals surface area (Å²) >= 11 is 0. The predicted molar refractivity (Wildman–Crippen MR) is 159 cm³/mol. The molecule has 0 aromatic carbocycles. The summed E-state index contributed by atoms with van der Waals surface area (Å²) in [6.07, 6.45) is -39.9. The van der Waals surface area contributed by atoms with Crippen molar-refractivity contribution in [1.29, 1.82) is 0 Å². The van der Waals surface area contributed by atoms with Crippen LogP contribution in [-0.4, -0.2) is 242 Å². The van der Waals surface area contributed by atoms with Crippen LogP contribution in [0.5, 0.6) is 0 Å². The molecule has 5 saturated heterocycles. The first-order valence-electron chi connectivity index (χ1n) is 16.6. The number of hydrogen-bond acceptors (Lipinski definition) is 23. The maximum Gasteiger partial charge on any atom is 0.335 e. The molecule has 5 heterocycles. The highest BCUT2D eigenvalue weighted by atomic mass is 16.8. The minimum Gasteiger partial charge on any atom is -0.479 e. The summed E-state index contributed by atoms with van der Waals surface area (Å²) < 4.78 is 59.7. The number of carboxylic acid groups (broad SMARTS) is 2. The molecule has 0 spiro atoms. The molecule has 0 amide bonds. The van der Waals surface area contributed by atoms with Gasteiger partial charge in [-0.05, 0) is 0 Å². The Morgan fingerprint density at radius 1 is 0.463 bits per heavy atom. The fourth-order valence-corrected chi connectivity index (χ4v) is 6.54. The first kappa shape index (κ1) is 43.2. The van der Waals surface area contributed by atoms with Crippen LogP contribution in [0.1, 0.15) is 0 Å². The Hall–Kier alpha value is -1.90. The first-order chi connectivity index (χ1) is 25.5. The van der Waals surface area contributed by atoms with Crippen molar-refractivity contribution in [2.75, 3.05) is 34.0 Å². The number of carboxylic acids is 2. The Kier molecular flexibility index (Phi) is 14.5.